The molecule has 0 atom stereocenters. The lowest BCUT2D eigenvalue weighted by Gasteiger charge is -1.95. The van der Waals surface area contributed by atoms with Crippen molar-refractivity contribution in [3.05, 3.63) is 11.0 Å². The van der Waals surface area contributed by atoms with Gasteiger partial charge in [0.1, 0.15) is 0 Å². The average molecular weight is 172 g/mol. The molecule has 0 aromatic carbocycles. The number of unbranched alkanes of at least 4 members (excludes halogenated alkanes) is 2. The van der Waals surface area contributed by atoms with Crippen LogP contribution in [0.1, 0.15) is 19.3 Å². The van der Waals surface area contributed by atoms with Gasteiger partial charge in [0.25, 0.3) is 0 Å². The van der Waals surface area contributed by atoms with E-state index in [1.54, 1.807) is 0 Å². The Morgan fingerprint density at radius 1 is 1.55 bits per heavy atom. The molecule has 0 unspecified atom stereocenters. The van der Waals surface area contributed by atoms with Crippen molar-refractivity contribution in [1.82, 2.24) is 5.32 Å². The molecule has 64 valence electrons. The second-order valence-corrected chi connectivity index (χ2v) is 2.89. The van der Waals surface area contributed by atoms with E-state index in [9.17, 15) is 0 Å². The molecule has 0 aromatic rings. The number of rotatable bonds is 6. The van der Waals surface area contributed by atoms with Gasteiger partial charge in [0.2, 0.25) is 0 Å². The van der Waals surface area contributed by atoms with Crippen LogP contribution in [0.3, 0.4) is 0 Å². The molecule has 0 spiro atoms. The van der Waals surface area contributed by atoms with Crippen LogP contribution in [-0.2, 0) is 0 Å². The number of thiol groups is 1. The van der Waals surface area contributed by atoms with Gasteiger partial charge in [-0.1, -0.05) is 6.08 Å². The molecule has 0 aliphatic rings. The molecule has 0 aliphatic carbocycles. The molecule has 0 fully saturated rings. The molecule has 0 amide bonds. The molecule has 0 heterocycles. The van der Waals surface area contributed by atoms with Crippen molar-refractivity contribution in [2.45, 2.75) is 19.3 Å². The van der Waals surface area contributed by atoms with Crippen LogP contribution in [0.5, 0.6) is 0 Å². The first-order chi connectivity index (χ1) is 5.31. The second-order valence-electron chi connectivity index (χ2n) is 2.37. The zero-order valence-electron chi connectivity index (χ0n) is 6.93. The van der Waals surface area contributed by atoms with Crippen molar-refractivity contribution in [3.63, 3.8) is 0 Å². The molecule has 2 nitrogen and oxygen atoms in total. The predicted molar refractivity (Wildman–Crippen MR) is 53.6 cm³/mol. The van der Waals surface area contributed by atoms with Gasteiger partial charge >= 0.3 is 0 Å². The van der Waals surface area contributed by atoms with E-state index in [1.807, 2.05) is 13.1 Å². The molecular weight excluding hydrogens is 156 g/mol. The van der Waals surface area contributed by atoms with Gasteiger partial charge in [0.05, 0.1) is 0 Å². The normalized spacial score (nSPS) is 11.6. The fraction of sp³-hybridized carbons (Fsp3) is 0.625. The van der Waals surface area contributed by atoms with Crippen molar-refractivity contribution in [2.75, 3.05) is 13.6 Å². The number of allylic oxidation sites excluding steroid dienone is 2. The Kier molecular flexibility index (Phi) is 7.62. The van der Waals surface area contributed by atoms with E-state index in [1.165, 1.54) is 19.1 Å². The van der Waals surface area contributed by atoms with Crippen LogP contribution < -0.4 is 5.32 Å². The lowest BCUT2D eigenvalue weighted by Crippen LogP contribution is -2.06. The summed E-state index contributed by atoms with van der Waals surface area (Å²) in [5, 5.41) is 9.93. The Morgan fingerprint density at radius 2 is 2.27 bits per heavy atom. The van der Waals surface area contributed by atoms with Crippen molar-refractivity contribution in [1.29, 1.82) is 5.41 Å². The quantitative estimate of drug-likeness (QED) is 0.319. The molecule has 0 saturated carbocycles. The van der Waals surface area contributed by atoms with Crippen molar-refractivity contribution in [2.24, 2.45) is 0 Å². The summed E-state index contributed by atoms with van der Waals surface area (Å²) in [4.78, 5) is 0.759. The molecule has 3 heteroatoms. The van der Waals surface area contributed by atoms with E-state index in [4.69, 9.17) is 5.41 Å². The highest BCUT2D eigenvalue weighted by molar-refractivity contribution is 7.85. The molecule has 0 radical (unpaired) electrons. The van der Waals surface area contributed by atoms with E-state index >= 15 is 0 Å². The third-order valence-electron chi connectivity index (χ3n) is 1.38. The first-order valence-electron chi connectivity index (χ1n) is 3.85. The lowest BCUT2D eigenvalue weighted by molar-refractivity contribution is 0.684. The highest BCUT2D eigenvalue weighted by Crippen LogP contribution is 2.01. The van der Waals surface area contributed by atoms with Gasteiger partial charge in [-0.05, 0) is 32.9 Å². The minimum atomic E-state index is 0.759. The summed E-state index contributed by atoms with van der Waals surface area (Å²) in [7, 11) is 1.96. The van der Waals surface area contributed by atoms with Crippen molar-refractivity contribution < 1.29 is 0 Å². The monoisotopic (exact) mass is 172 g/mol. The van der Waals surface area contributed by atoms with Crippen LogP contribution in [-0.4, -0.2) is 19.8 Å². The maximum absolute atomic E-state index is 6.84. The molecule has 0 bridgehead atoms. The Hall–Kier alpha value is -0.280. The first-order valence-corrected chi connectivity index (χ1v) is 4.30. The Bertz CT molecular complexity index is 132. The second kappa shape index (κ2) is 7.82. The summed E-state index contributed by atoms with van der Waals surface area (Å²) < 4.78 is 0. The Labute approximate surface area is 74.0 Å². The fourth-order valence-corrected chi connectivity index (χ4v) is 0.884. The highest BCUT2D eigenvalue weighted by atomic mass is 32.1. The van der Waals surface area contributed by atoms with Crippen LogP contribution in [0.2, 0.25) is 0 Å². The minimum absolute atomic E-state index is 0.759. The zero-order valence-corrected chi connectivity index (χ0v) is 7.82. The van der Waals surface area contributed by atoms with Gasteiger partial charge in [0, 0.05) is 11.1 Å². The van der Waals surface area contributed by atoms with Gasteiger partial charge in [-0.3, -0.25) is 0 Å². The van der Waals surface area contributed by atoms with Gasteiger partial charge in [-0.15, -0.1) is 12.6 Å². The van der Waals surface area contributed by atoms with E-state index in [0.717, 1.165) is 17.9 Å². The third-order valence-corrected chi connectivity index (χ3v) is 1.69. The van der Waals surface area contributed by atoms with Crippen LogP contribution >= 0.6 is 12.6 Å². The molecule has 2 N–H and O–H groups in total. The standard InChI is InChI=1S/C8H16N2S/c1-10-6-4-2-3-5-8(11)7-9/h5,7,9-11H,2-4,6H2,1H3/b8-5-,9-7?. The summed E-state index contributed by atoms with van der Waals surface area (Å²) in [6.07, 6.45) is 6.62. The summed E-state index contributed by atoms with van der Waals surface area (Å²) >= 11 is 4.06. The number of hydrogen-bond acceptors (Lipinski definition) is 3. The van der Waals surface area contributed by atoms with Gasteiger partial charge in [-0.25, -0.2) is 0 Å². The molecule has 0 aliphatic heterocycles. The third kappa shape index (κ3) is 7.62. The highest BCUT2D eigenvalue weighted by Gasteiger charge is 1.85. The van der Waals surface area contributed by atoms with Crippen LogP contribution in [0.25, 0.3) is 0 Å². The maximum atomic E-state index is 6.84. The summed E-state index contributed by atoms with van der Waals surface area (Å²) in [5.74, 6) is 0. The van der Waals surface area contributed by atoms with E-state index < -0.39 is 0 Å². The summed E-state index contributed by atoms with van der Waals surface area (Å²) in [6, 6.07) is 0. The molecular formula is C8H16N2S. The average Bonchev–Trinajstić information content (AvgIpc) is 2.04. The van der Waals surface area contributed by atoms with Crippen molar-refractivity contribution in [3.8, 4) is 0 Å². The van der Waals surface area contributed by atoms with Crippen LogP contribution in [0.4, 0.5) is 0 Å². The SMILES string of the molecule is CNCCCC/C=C(\S)C=N. The molecule has 0 saturated heterocycles. The Balaban J connectivity index is 3.19. The molecule has 11 heavy (non-hydrogen) atoms. The van der Waals surface area contributed by atoms with E-state index in [2.05, 4.69) is 17.9 Å². The Morgan fingerprint density at radius 3 is 2.82 bits per heavy atom. The predicted octanol–water partition coefficient (Wildman–Crippen LogP) is 1.84. The number of nitrogens with one attached hydrogen (secondary N) is 2. The lowest BCUT2D eigenvalue weighted by atomic mass is 10.2. The summed E-state index contributed by atoms with van der Waals surface area (Å²) in [5.41, 5.74) is 0. The van der Waals surface area contributed by atoms with Gasteiger partial charge < -0.3 is 10.7 Å². The molecule has 0 aromatic heterocycles. The van der Waals surface area contributed by atoms with E-state index in [-0.39, 0.29) is 0 Å². The van der Waals surface area contributed by atoms with Crippen molar-refractivity contribution >= 4 is 18.8 Å². The molecule has 0 rings (SSSR count). The largest absolute Gasteiger partial charge is 0.320 e. The fourth-order valence-electron chi connectivity index (χ4n) is 0.755. The van der Waals surface area contributed by atoms with Crippen LogP contribution in [0.15, 0.2) is 11.0 Å². The van der Waals surface area contributed by atoms with Crippen LogP contribution in [0, 0.1) is 5.41 Å². The first kappa shape index (κ1) is 10.7. The van der Waals surface area contributed by atoms with Gasteiger partial charge in [0.15, 0.2) is 0 Å². The maximum Gasteiger partial charge on any atom is 0.0308 e. The topological polar surface area (TPSA) is 35.9 Å². The minimum Gasteiger partial charge on any atom is -0.320 e. The smallest absolute Gasteiger partial charge is 0.0308 e. The number of hydrogen-bond donors (Lipinski definition) is 3. The van der Waals surface area contributed by atoms with Gasteiger partial charge in [-0.2, -0.15) is 0 Å². The zero-order chi connectivity index (χ0) is 8.53. The van der Waals surface area contributed by atoms with E-state index in [0.29, 0.717) is 0 Å². The summed E-state index contributed by atoms with van der Waals surface area (Å²) in [6.45, 7) is 1.07.